The second-order valence-corrected chi connectivity index (χ2v) is 8.23. The summed E-state index contributed by atoms with van der Waals surface area (Å²) in [4.78, 5) is 26.3. The Kier molecular flexibility index (Phi) is 6.05. The van der Waals surface area contributed by atoms with E-state index in [0.29, 0.717) is 16.8 Å². The summed E-state index contributed by atoms with van der Waals surface area (Å²) < 4.78 is 0. The fraction of sp³-hybridized carbons (Fsp3) is 0.333. The van der Waals surface area contributed by atoms with Crippen LogP contribution in [0.25, 0.3) is 5.70 Å². The first-order chi connectivity index (χ1) is 12.5. The van der Waals surface area contributed by atoms with Crippen molar-refractivity contribution in [1.82, 2.24) is 15.1 Å². The van der Waals surface area contributed by atoms with Crippen molar-refractivity contribution in [3.05, 3.63) is 46.3 Å². The molecule has 0 fully saturated rings. The molecule has 0 aliphatic carbocycles. The van der Waals surface area contributed by atoms with Gasteiger partial charge in [0.05, 0.1) is 11.4 Å². The van der Waals surface area contributed by atoms with Crippen molar-refractivity contribution in [3.8, 4) is 0 Å². The molecule has 3 rings (SSSR count). The number of carbonyl (C=O) groups excluding carboxylic acids is 2. The highest BCUT2D eigenvalue weighted by molar-refractivity contribution is 8.03. The number of hydrogen-bond donors (Lipinski definition) is 1. The second kappa shape index (κ2) is 8.46. The van der Waals surface area contributed by atoms with Crippen LogP contribution in [-0.2, 0) is 16.0 Å². The zero-order valence-electron chi connectivity index (χ0n) is 14.6. The lowest BCUT2D eigenvalue weighted by molar-refractivity contribution is -0.129. The second-order valence-electron chi connectivity index (χ2n) is 6.31. The van der Waals surface area contributed by atoms with Crippen LogP contribution in [0.3, 0.4) is 0 Å². The van der Waals surface area contributed by atoms with Crippen LogP contribution >= 0.6 is 23.1 Å². The van der Waals surface area contributed by atoms with Gasteiger partial charge in [-0.2, -0.15) is 0 Å². The van der Waals surface area contributed by atoms with E-state index in [4.69, 9.17) is 0 Å². The molecule has 0 bridgehead atoms. The maximum absolute atomic E-state index is 12.4. The largest absolute Gasteiger partial charge is 0.301 e. The van der Waals surface area contributed by atoms with E-state index in [0.717, 1.165) is 22.7 Å². The van der Waals surface area contributed by atoms with E-state index in [2.05, 4.69) is 29.4 Å². The standard InChI is InChI=1S/C18H20N4O2S2/c1-12(2)8-16-20-21-18(26-16)19-15(23)9-22-14(10-25-11-17(22)24)13-6-4-3-5-7-13/h3-7,10,12H,8-9,11H2,1-2H3,(H,19,21,23). The Bertz CT molecular complexity index is 818. The highest BCUT2D eigenvalue weighted by atomic mass is 32.2. The molecule has 8 heteroatoms. The van der Waals surface area contributed by atoms with E-state index >= 15 is 0 Å². The van der Waals surface area contributed by atoms with Crippen molar-refractivity contribution in [2.45, 2.75) is 20.3 Å². The van der Waals surface area contributed by atoms with Crippen molar-refractivity contribution in [3.63, 3.8) is 0 Å². The van der Waals surface area contributed by atoms with E-state index in [1.165, 1.54) is 28.0 Å². The van der Waals surface area contributed by atoms with Crippen LogP contribution in [0.15, 0.2) is 35.7 Å². The van der Waals surface area contributed by atoms with Crippen LogP contribution in [0.4, 0.5) is 5.13 Å². The normalized spacial score (nSPS) is 14.5. The first kappa shape index (κ1) is 18.6. The fourth-order valence-corrected chi connectivity index (χ4v) is 4.28. The van der Waals surface area contributed by atoms with Crippen LogP contribution in [-0.4, -0.2) is 39.2 Å². The molecule has 1 N–H and O–H groups in total. The van der Waals surface area contributed by atoms with Gasteiger partial charge in [0.15, 0.2) is 0 Å². The average molecular weight is 389 g/mol. The monoisotopic (exact) mass is 388 g/mol. The van der Waals surface area contributed by atoms with E-state index < -0.39 is 0 Å². The molecule has 1 aliphatic heterocycles. The van der Waals surface area contributed by atoms with Gasteiger partial charge < -0.3 is 4.90 Å². The van der Waals surface area contributed by atoms with Gasteiger partial charge >= 0.3 is 0 Å². The van der Waals surface area contributed by atoms with Crippen LogP contribution in [0.1, 0.15) is 24.4 Å². The number of nitrogens with one attached hydrogen (secondary N) is 1. The van der Waals surface area contributed by atoms with Gasteiger partial charge in [-0.25, -0.2) is 0 Å². The van der Waals surface area contributed by atoms with Gasteiger partial charge in [-0.1, -0.05) is 55.5 Å². The SMILES string of the molecule is CC(C)Cc1nnc(NC(=O)CN2C(=O)CSC=C2c2ccccc2)s1. The van der Waals surface area contributed by atoms with Crippen molar-refractivity contribution >= 4 is 45.7 Å². The topological polar surface area (TPSA) is 75.2 Å². The van der Waals surface area contributed by atoms with E-state index in [1.807, 2.05) is 35.7 Å². The third-order valence-electron chi connectivity index (χ3n) is 3.66. The van der Waals surface area contributed by atoms with E-state index in [9.17, 15) is 9.59 Å². The van der Waals surface area contributed by atoms with Crippen molar-refractivity contribution in [1.29, 1.82) is 0 Å². The van der Waals surface area contributed by atoms with Gasteiger partial charge in [-0.05, 0) is 16.9 Å². The number of rotatable bonds is 6. The fourth-order valence-electron chi connectivity index (χ4n) is 2.51. The molecule has 1 aliphatic rings. The molecule has 136 valence electrons. The van der Waals surface area contributed by atoms with E-state index in [1.54, 1.807) is 0 Å². The van der Waals surface area contributed by atoms with Crippen LogP contribution < -0.4 is 5.32 Å². The summed E-state index contributed by atoms with van der Waals surface area (Å²) in [5.41, 5.74) is 1.66. The molecule has 1 aromatic heterocycles. The Morgan fingerprint density at radius 3 is 2.77 bits per heavy atom. The van der Waals surface area contributed by atoms with Gasteiger partial charge in [-0.3, -0.25) is 14.9 Å². The summed E-state index contributed by atoms with van der Waals surface area (Å²) >= 11 is 2.82. The van der Waals surface area contributed by atoms with Gasteiger partial charge in [0.2, 0.25) is 16.9 Å². The molecular formula is C18H20N4O2S2. The zero-order chi connectivity index (χ0) is 18.5. The molecule has 6 nitrogen and oxygen atoms in total. The lowest BCUT2D eigenvalue weighted by Gasteiger charge is -2.27. The minimum Gasteiger partial charge on any atom is -0.301 e. The van der Waals surface area contributed by atoms with Gasteiger partial charge in [0.1, 0.15) is 11.6 Å². The van der Waals surface area contributed by atoms with Gasteiger partial charge in [0.25, 0.3) is 0 Å². The molecule has 0 radical (unpaired) electrons. The molecule has 0 saturated heterocycles. The lowest BCUT2D eigenvalue weighted by Crippen LogP contribution is -2.39. The van der Waals surface area contributed by atoms with Crippen molar-refractivity contribution in [2.24, 2.45) is 5.92 Å². The van der Waals surface area contributed by atoms with Crippen LogP contribution in [0.2, 0.25) is 0 Å². The Morgan fingerprint density at radius 1 is 1.27 bits per heavy atom. The summed E-state index contributed by atoms with van der Waals surface area (Å²) in [6.07, 6.45) is 0.830. The molecule has 2 aromatic rings. The predicted octanol–water partition coefficient (Wildman–Crippen LogP) is 3.25. The number of hydrogen-bond acceptors (Lipinski definition) is 6. The Morgan fingerprint density at radius 2 is 2.04 bits per heavy atom. The number of nitrogens with zero attached hydrogens (tertiary/aromatic N) is 3. The smallest absolute Gasteiger partial charge is 0.246 e. The van der Waals surface area contributed by atoms with Crippen molar-refractivity contribution in [2.75, 3.05) is 17.6 Å². The summed E-state index contributed by atoms with van der Waals surface area (Å²) in [6.45, 7) is 4.17. The minimum atomic E-state index is -0.278. The Labute approximate surface area is 160 Å². The molecule has 0 spiro atoms. The predicted molar refractivity (Wildman–Crippen MR) is 106 cm³/mol. The average Bonchev–Trinajstić information content (AvgIpc) is 3.03. The van der Waals surface area contributed by atoms with E-state index in [-0.39, 0.29) is 18.4 Å². The third-order valence-corrected chi connectivity index (χ3v) is 5.33. The number of carbonyl (C=O) groups is 2. The number of amides is 2. The number of anilines is 1. The van der Waals surface area contributed by atoms with Crippen molar-refractivity contribution < 1.29 is 9.59 Å². The first-order valence-electron chi connectivity index (χ1n) is 8.32. The van der Waals surface area contributed by atoms with Crippen LogP contribution in [0, 0.1) is 5.92 Å². The van der Waals surface area contributed by atoms with Gasteiger partial charge in [-0.15, -0.1) is 22.0 Å². The van der Waals surface area contributed by atoms with Crippen LogP contribution in [0.5, 0.6) is 0 Å². The number of benzene rings is 1. The Balaban J connectivity index is 1.68. The summed E-state index contributed by atoms with van der Waals surface area (Å²) in [5, 5.41) is 14.1. The number of aromatic nitrogens is 2. The van der Waals surface area contributed by atoms with Gasteiger partial charge in [0, 0.05) is 6.42 Å². The molecular weight excluding hydrogens is 368 g/mol. The summed E-state index contributed by atoms with van der Waals surface area (Å²) in [7, 11) is 0. The summed E-state index contributed by atoms with van der Waals surface area (Å²) in [6, 6.07) is 9.60. The maximum Gasteiger partial charge on any atom is 0.246 e. The Hall–Kier alpha value is -2.19. The quantitative estimate of drug-likeness (QED) is 0.822. The molecule has 26 heavy (non-hydrogen) atoms. The lowest BCUT2D eigenvalue weighted by atomic mass is 10.1. The molecule has 0 unspecified atom stereocenters. The highest BCUT2D eigenvalue weighted by Gasteiger charge is 2.25. The highest BCUT2D eigenvalue weighted by Crippen LogP contribution is 2.28. The zero-order valence-corrected chi connectivity index (χ0v) is 16.3. The molecule has 2 amide bonds. The molecule has 0 atom stereocenters. The number of thioether (sulfide) groups is 1. The molecule has 1 aromatic carbocycles. The first-order valence-corrected chi connectivity index (χ1v) is 10.2. The minimum absolute atomic E-state index is 0.0424. The third kappa shape index (κ3) is 4.70. The maximum atomic E-state index is 12.4. The molecule has 2 heterocycles. The summed E-state index contributed by atoms with van der Waals surface area (Å²) in [5.74, 6) is 0.457. The molecule has 0 saturated carbocycles.